The van der Waals surface area contributed by atoms with Crippen LogP contribution in [0.4, 0.5) is 0 Å². The van der Waals surface area contributed by atoms with Gasteiger partial charge in [0.1, 0.15) is 12.4 Å². The minimum atomic E-state index is 0.0108. The highest BCUT2D eigenvalue weighted by Crippen LogP contribution is 1.90. The molecule has 0 aromatic carbocycles. The molecule has 0 saturated carbocycles. The van der Waals surface area contributed by atoms with Crippen molar-refractivity contribution in [3.05, 3.63) is 0 Å². The zero-order valence-electron chi connectivity index (χ0n) is 4.15. The first-order valence-corrected chi connectivity index (χ1v) is 3.74. The minimum absolute atomic E-state index is 0.0108. The lowest BCUT2D eigenvalue weighted by Gasteiger charge is -1.89. The molecule has 1 N–H and O–H groups in total. The Hall–Kier alpha value is -0.130. The number of rotatable bonds is 1. The van der Waals surface area contributed by atoms with E-state index < -0.39 is 0 Å². The Morgan fingerprint density at radius 2 is 2.62 bits per heavy atom. The molecule has 8 heavy (non-hydrogen) atoms. The molecule has 0 bridgehead atoms. The number of carbonyl (C=O) groups excluding carboxylic acids is 1. The van der Waals surface area contributed by atoms with Gasteiger partial charge < -0.3 is 5.32 Å². The van der Waals surface area contributed by atoms with Gasteiger partial charge in [-0.05, 0) is 0 Å². The summed E-state index contributed by atoms with van der Waals surface area (Å²) in [6.45, 7) is 0.318. The maximum Gasteiger partial charge on any atom is 0.247 e. The highest BCUT2D eigenvalue weighted by molar-refractivity contribution is 14.1. The van der Waals surface area contributed by atoms with Crippen LogP contribution >= 0.6 is 22.6 Å². The van der Waals surface area contributed by atoms with Crippen molar-refractivity contribution in [2.75, 3.05) is 11.0 Å². The number of nitrogens with zero attached hydrogens (tertiary/aromatic N) is 1. The van der Waals surface area contributed by atoms with Gasteiger partial charge in [0.15, 0.2) is 0 Å². The Morgan fingerprint density at radius 1 is 1.88 bits per heavy atom. The Kier molecular flexibility index (Phi) is 1.82. The van der Waals surface area contributed by atoms with Gasteiger partial charge >= 0.3 is 0 Å². The first kappa shape index (κ1) is 6.00. The molecule has 44 valence electrons. The number of hydrogen-bond donors (Lipinski definition) is 1. The second-order valence-corrected chi connectivity index (χ2v) is 2.21. The van der Waals surface area contributed by atoms with Crippen LogP contribution in [-0.2, 0) is 4.79 Å². The van der Waals surface area contributed by atoms with Crippen LogP contribution in [0.3, 0.4) is 0 Å². The molecule has 1 aliphatic heterocycles. The molecule has 0 saturated heterocycles. The molecule has 0 aromatic heterocycles. The lowest BCUT2D eigenvalue weighted by molar-refractivity contribution is -0.117. The largest absolute Gasteiger partial charge is 0.312 e. The van der Waals surface area contributed by atoms with E-state index in [1.54, 1.807) is 0 Å². The Labute approximate surface area is 60.7 Å². The maximum atomic E-state index is 10.4. The average Bonchev–Trinajstić information content (AvgIpc) is 2.14. The molecule has 0 unspecified atom stereocenters. The van der Waals surface area contributed by atoms with E-state index in [1.807, 2.05) is 0 Å². The quantitative estimate of drug-likeness (QED) is 0.492. The predicted octanol–water partition coefficient (Wildman–Crippen LogP) is -0.0503. The van der Waals surface area contributed by atoms with Crippen molar-refractivity contribution >= 4 is 34.3 Å². The van der Waals surface area contributed by atoms with Crippen LogP contribution in [0.15, 0.2) is 4.99 Å². The molecule has 1 heterocycles. The normalized spacial score (nSPS) is 18.1. The van der Waals surface area contributed by atoms with Crippen molar-refractivity contribution < 1.29 is 4.79 Å². The molecule has 0 aromatic rings. The second-order valence-electron chi connectivity index (χ2n) is 1.44. The van der Waals surface area contributed by atoms with Gasteiger partial charge in [0, 0.05) is 0 Å². The number of aliphatic imine (C=N–C) groups is 1. The Balaban J connectivity index is 2.49. The Morgan fingerprint density at radius 3 is 2.88 bits per heavy atom. The third-order valence-corrected chi connectivity index (χ3v) is 1.55. The van der Waals surface area contributed by atoms with Crippen molar-refractivity contribution in [1.82, 2.24) is 5.32 Å². The zero-order chi connectivity index (χ0) is 5.98. The second kappa shape index (κ2) is 2.43. The molecule has 1 rings (SSSR count). The summed E-state index contributed by atoms with van der Waals surface area (Å²) in [7, 11) is 0. The molecule has 3 nitrogen and oxygen atoms in total. The molecule has 0 radical (unpaired) electrons. The van der Waals surface area contributed by atoms with Gasteiger partial charge in [-0.15, -0.1) is 0 Å². The van der Waals surface area contributed by atoms with E-state index in [0.29, 0.717) is 6.54 Å². The van der Waals surface area contributed by atoms with Crippen LogP contribution in [0.5, 0.6) is 0 Å². The summed E-state index contributed by atoms with van der Waals surface area (Å²) in [5.74, 6) is 0.812. The molecule has 4 heteroatoms. The summed E-state index contributed by atoms with van der Waals surface area (Å²) in [6.07, 6.45) is 0. The maximum absolute atomic E-state index is 10.4. The van der Waals surface area contributed by atoms with Crippen molar-refractivity contribution in [3.8, 4) is 0 Å². The topological polar surface area (TPSA) is 41.5 Å². The van der Waals surface area contributed by atoms with Crippen LogP contribution in [0.2, 0.25) is 0 Å². The summed E-state index contributed by atoms with van der Waals surface area (Å²) < 4.78 is 0.795. The minimum Gasteiger partial charge on any atom is -0.312 e. The van der Waals surface area contributed by atoms with Crippen LogP contribution in [0, 0.1) is 0 Å². The number of amidine groups is 1. The summed E-state index contributed by atoms with van der Waals surface area (Å²) >= 11 is 2.15. The number of hydrogen-bond acceptors (Lipinski definition) is 2. The lowest BCUT2D eigenvalue weighted by Crippen LogP contribution is -2.25. The standard InChI is InChI=1S/C4H5IN2O/c5-1-3-6-2-4(8)7-3/h1-2H2,(H,6,7,8). The van der Waals surface area contributed by atoms with Crippen LogP contribution < -0.4 is 5.32 Å². The summed E-state index contributed by atoms with van der Waals surface area (Å²) in [5.41, 5.74) is 0. The fourth-order valence-corrected chi connectivity index (χ4v) is 0.915. The molecular formula is C4H5IN2O. The first-order valence-electron chi connectivity index (χ1n) is 2.22. The molecule has 0 atom stereocenters. The van der Waals surface area contributed by atoms with E-state index in [1.165, 1.54) is 0 Å². The fraction of sp³-hybridized carbons (Fsp3) is 0.500. The van der Waals surface area contributed by atoms with Gasteiger partial charge in [0.2, 0.25) is 5.91 Å². The molecular weight excluding hydrogens is 219 g/mol. The van der Waals surface area contributed by atoms with Crippen LogP contribution in [0.25, 0.3) is 0 Å². The SMILES string of the molecule is O=C1CN=C(CI)N1. The van der Waals surface area contributed by atoms with Crippen molar-refractivity contribution in [3.63, 3.8) is 0 Å². The molecule has 0 spiro atoms. The smallest absolute Gasteiger partial charge is 0.247 e. The van der Waals surface area contributed by atoms with Crippen molar-refractivity contribution in [2.24, 2.45) is 4.99 Å². The van der Waals surface area contributed by atoms with Gasteiger partial charge in [0.25, 0.3) is 0 Å². The summed E-state index contributed by atoms with van der Waals surface area (Å²) in [5, 5.41) is 2.61. The van der Waals surface area contributed by atoms with E-state index in [4.69, 9.17) is 0 Å². The third-order valence-electron chi connectivity index (χ3n) is 0.824. The molecule has 0 fully saturated rings. The number of carbonyl (C=O) groups is 1. The van der Waals surface area contributed by atoms with E-state index in [0.717, 1.165) is 10.3 Å². The molecule has 0 aliphatic carbocycles. The highest BCUT2D eigenvalue weighted by Gasteiger charge is 2.09. The van der Waals surface area contributed by atoms with E-state index in [2.05, 4.69) is 32.9 Å². The average molecular weight is 224 g/mol. The van der Waals surface area contributed by atoms with Gasteiger partial charge in [0.05, 0.1) is 4.43 Å². The van der Waals surface area contributed by atoms with Gasteiger partial charge in [-0.1, -0.05) is 22.6 Å². The monoisotopic (exact) mass is 224 g/mol. The van der Waals surface area contributed by atoms with E-state index in [-0.39, 0.29) is 5.91 Å². The van der Waals surface area contributed by atoms with Crippen LogP contribution in [-0.4, -0.2) is 22.7 Å². The number of halogens is 1. The predicted molar refractivity (Wildman–Crippen MR) is 39.3 cm³/mol. The number of amides is 1. The van der Waals surface area contributed by atoms with E-state index in [9.17, 15) is 4.79 Å². The van der Waals surface area contributed by atoms with Crippen molar-refractivity contribution in [1.29, 1.82) is 0 Å². The summed E-state index contributed by atoms with van der Waals surface area (Å²) in [4.78, 5) is 14.3. The van der Waals surface area contributed by atoms with Gasteiger partial charge in [-0.2, -0.15) is 0 Å². The summed E-state index contributed by atoms with van der Waals surface area (Å²) in [6, 6.07) is 0. The van der Waals surface area contributed by atoms with Crippen LogP contribution in [0.1, 0.15) is 0 Å². The molecule has 1 aliphatic rings. The fourth-order valence-electron chi connectivity index (χ4n) is 0.483. The lowest BCUT2D eigenvalue weighted by atomic mass is 10.6. The third kappa shape index (κ3) is 1.18. The van der Waals surface area contributed by atoms with Gasteiger partial charge in [-0.25, -0.2) is 0 Å². The van der Waals surface area contributed by atoms with Gasteiger partial charge in [-0.3, -0.25) is 9.79 Å². The number of alkyl halides is 1. The number of nitrogens with one attached hydrogen (secondary N) is 1. The molecule has 1 amide bonds. The zero-order valence-corrected chi connectivity index (χ0v) is 6.31. The van der Waals surface area contributed by atoms with Crippen molar-refractivity contribution in [2.45, 2.75) is 0 Å². The van der Waals surface area contributed by atoms with E-state index >= 15 is 0 Å². The Bertz CT molecular complexity index is 143. The first-order chi connectivity index (χ1) is 3.83. The highest BCUT2D eigenvalue weighted by atomic mass is 127.